The van der Waals surface area contributed by atoms with E-state index in [2.05, 4.69) is 32.6 Å². The molecule has 1 atom stereocenters. The molecule has 0 aromatic carbocycles. The second-order valence-electron chi connectivity index (χ2n) is 6.54. The van der Waals surface area contributed by atoms with E-state index in [1.54, 1.807) is 11.3 Å². The van der Waals surface area contributed by atoms with E-state index in [9.17, 15) is 5.11 Å². The third-order valence-corrected chi connectivity index (χ3v) is 5.51. The lowest BCUT2D eigenvalue weighted by atomic mass is 9.89. The molecule has 1 unspecified atom stereocenters. The number of rotatable bonds is 4. The molecule has 1 aromatic rings. The summed E-state index contributed by atoms with van der Waals surface area (Å²) in [7, 11) is 0. The predicted octanol–water partition coefficient (Wildman–Crippen LogP) is 4.02. The normalized spacial score (nSPS) is 20.8. The molecule has 0 saturated carbocycles. The summed E-state index contributed by atoms with van der Waals surface area (Å²) in [6.07, 6.45) is 3.86. The molecule has 2 heterocycles. The highest BCUT2D eigenvalue weighted by Gasteiger charge is 2.23. The highest BCUT2D eigenvalue weighted by molar-refractivity contribution is 7.15. The lowest BCUT2D eigenvalue weighted by molar-refractivity contribution is 0.283. The molecule has 1 fully saturated rings. The van der Waals surface area contributed by atoms with Gasteiger partial charge in [0.25, 0.3) is 0 Å². The number of hydrogen-bond acceptors (Lipinski definition) is 4. The molecule has 2 rings (SSSR count). The lowest BCUT2D eigenvalue weighted by Crippen LogP contribution is -2.24. The van der Waals surface area contributed by atoms with Crippen LogP contribution in [0.4, 0.5) is 5.13 Å². The fraction of sp³-hybridized carbons (Fsp3) is 0.812. The molecule has 3 nitrogen and oxygen atoms in total. The number of hydrogen-bond donors (Lipinski definition) is 1. The molecule has 1 aromatic heterocycles. The van der Waals surface area contributed by atoms with Crippen molar-refractivity contribution in [3.05, 3.63) is 10.6 Å². The average Bonchev–Trinajstić information content (AvgIpc) is 2.68. The summed E-state index contributed by atoms with van der Waals surface area (Å²) in [5.74, 6) is 2.02. The van der Waals surface area contributed by atoms with Gasteiger partial charge in [0.15, 0.2) is 5.13 Å². The Kier molecular flexibility index (Phi) is 5.44. The van der Waals surface area contributed by atoms with Gasteiger partial charge < -0.3 is 10.0 Å². The predicted molar refractivity (Wildman–Crippen MR) is 86.5 cm³/mol. The Balaban J connectivity index is 2.11. The first kappa shape index (κ1) is 15.8. The fourth-order valence-corrected chi connectivity index (χ4v) is 4.16. The minimum Gasteiger partial charge on any atom is -0.391 e. The van der Waals surface area contributed by atoms with Gasteiger partial charge in [0.05, 0.1) is 17.2 Å². The molecule has 0 radical (unpaired) electrons. The van der Waals surface area contributed by atoms with E-state index in [4.69, 9.17) is 4.98 Å². The summed E-state index contributed by atoms with van der Waals surface area (Å²) >= 11 is 1.68. The second kappa shape index (κ2) is 6.90. The van der Waals surface area contributed by atoms with Crippen molar-refractivity contribution in [1.82, 2.24) is 4.98 Å². The molecule has 114 valence electrons. The fourth-order valence-electron chi connectivity index (χ4n) is 3.03. The first-order valence-corrected chi connectivity index (χ1v) is 8.70. The molecular weight excluding hydrogens is 268 g/mol. The van der Waals surface area contributed by atoms with Crippen LogP contribution in [-0.2, 0) is 6.61 Å². The SMILES string of the molecule is CC(C)c1nc(N2CCCC(C(C)C)CC2)sc1CO. The van der Waals surface area contributed by atoms with Gasteiger partial charge in [0.1, 0.15) is 0 Å². The minimum atomic E-state index is 0.119. The summed E-state index contributed by atoms with van der Waals surface area (Å²) in [5, 5.41) is 10.6. The molecule has 0 spiro atoms. The summed E-state index contributed by atoms with van der Waals surface area (Å²) in [4.78, 5) is 8.27. The van der Waals surface area contributed by atoms with Crippen LogP contribution in [0.5, 0.6) is 0 Å². The molecule has 0 aliphatic carbocycles. The largest absolute Gasteiger partial charge is 0.391 e. The molecule has 20 heavy (non-hydrogen) atoms. The van der Waals surface area contributed by atoms with Gasteiger partial charge in [-0.15, -0.1) is 0 Å². The summed E-state index contributed by atoms with van der Waals surface area (Å²) < 4.78 is 0. The molecule has 0 bridgehead atoms. The Morgan fingerprint density at radius 2 is 2.00 bits per heavy atom. The van der Waals surface area contributed by atoms with Crippen LogP contribution in [0.25, 0.3) is 0 Å². The van der Waals surface area contributed by atoms with Gasteiger partial charge in [-0.2, -0.15) is 0 Å². The van der Waals surface area contributed by atoms with Crippen LogP contribution in [0.15, 0.2) is 0 Å². The van der Waals surface area contributed by atoms with E-state index >= 15 is 0 Å². The van der Waals surface area contributed by atoms with Crippen LogP contribution in [0.1, 0.15) is 63.4 Å². The maximum Gasteiger partial charge on any atom is 0.185 e. The second-order valence-corrected chi connectivity index (χ2v) is 7.60. The van der Waals surface area contributed by atoms with Crippen LogP contribution < -0.4 is 4.90 Å². The molecule has 1 aliphatic heterocycles. The molecule has 0 amide bonds. The smallest absolute Gasteiger partial charge is 0.185 e. The van der Waals surface area contributed by atoms with Crippen molar-refractivity contribution >= 4 is 16.5 Å². The zero-order chi connectivity index (χ0) is 14.7. The number of aliphatic hydroxyl groups is 1. The van der Waals surface area contributed by atoms with E-state index in [0.29, 0.717) is 5.92 Å². The zero-order valence-corrected chi connectivity index (χ0v) is 14.0. The Morgan fingerprint density at radius 3 is 2.55 bits per heavy atom. The van der Waals surface area contributed by atoms with Crippen LogP contribution in [0, 0.1) is 11.8 Å². The topological polar surface area (TPSA) is 36.4 Å². The van der Waals surface area contributed by atoms with Crippen molar-refractivity contribution in [2.45, 2.75) is 59.5 Å². The van der Waals surface area contributed by atoms with E-state index in [1.165, 1.54) is 19.3 Å². The van der Waals surface area contributed by atoms with Crippen LogP contribution >= 0.6 is 11.3 Å². The summed E-state index contributed by atoms with van der Waals surface area (Å²) in [6.45, 7) is 11.3. The number of aliphatic hydroxyl groups excluding tert-OH is 1. The van der Waals surface area contributed by atoms with Crippen LogP contribution in [0.2, 0.25) is 0 Å². The maximum atomic E-state index is 9.50. The van der Waals surface area contributed by atoms with E-state index in [0.717, 1.165) is 40.6 Å². The molecule has 1 N–H and O–H groups in total. The van der Waals surface area contributed by atoms with E-state index in [-0.39, 0.29) is 6.61 Å². The van der Waals surface area contributed by atoms with Crippen LogP contribution in [0.3, 0.4) is 0 Å². The van der Waals surface area contributed by atoms with E-state index < -0.39 is 0 Å². The molecular formula is C16H28N2OS. The van der Waals surface area contributed by atoms with Gasteiger partial charge in [-0.3, -0.25) is 0 Å². The summed E-state index contributed by atoms with van der Waals surface area (Å²) in [6, 6.07) is 0. The third kappa shape index (κ3) is 3.53. The first-order valence-electron chi connectivity index (χ1n) is 7.88. The third-order valence-electron chi connectivity index (χ3n) is 4.39. The molecule has 1 saturated heterocycles. The summed E-state index contributed by atoms with van der Waals surface area (Å²) in [5.41, 5.74) is 1.08. The number of anilines is 1. The van der Waals surface area contributed by atoms with E-state index in [1.807, 2.05) is 0 Å². The molecule has 4 heteroatoms. The van der Waals surface area contributed by atoms with Crippen molar-refractivity contribution in [1.29, 1.82) is 0 Å². The van der Waals surface area contributed by atoms with Gasteiger partial charge >= 0.3 is 0 Å². The monoisotopic (exact) mass is 296 g/mol. The first-order chi connectivity index (χ1) is 9.52. The van der Waals surface area contributed by atoms with Gasteiger partial charge in [-0.1, -0.05) is 39.0 Å². The standard InChI is InChI=1S/C16H28N2OS/c1-11(2)13-6-5-8-18(9-7-13)16-17-15(12(3)4)14(10-19)20-16/h11-13,19H,5-10H2,1-4H3. The molecule has 1 aliphatic rings. The van der Waals surface area contributed by atoms with Crippen molar-refractivity contribution in [2.75, 3.05) is 18.0 Å². The van der Waals surface area contributed by atoms with Gasteiger partial charge in [-0.25, -0.2) is 4.98 Å². The Labute approximate surface area is 127 Å². The number of thiazole rings is 1. The van der Waals surface area contributed by atoms with Crippen molar-refractivity contribution < 1.29 is 5.11 Å². The Morgan fingerprint density at radius 1 is 1.25 bits per heavy atom. The Bertz CT molecular complexity index is 428. The Hall–Kier alpha value is -0.610. The highest BCUT2D eigenvalue weighted by Crippen LogP contribution is 2.33. The van der Waals surface area contributed by atoms with Gasteiger partial charge in [0.2, 0.25) is 0 Å². The maximum absolute atomic E-state index is 9.50. The van der Waals surface area contributed by atoms with Crippen molar-refractivity contribution in [3.8, 4) is 0 Å². The van der Waals surface area contributed by atoms with Gasteiger partial charge in [-0.05, 0) is 37.0 Å². The quantitative estimate of drug-likeness (QED) is 0.911. The lowest BCUT2D eigenvalue weighted by Gasteiger charge is -2.20. The minimum absolute atomic E-state index is 0.119. The average molecular weight is 296 g/mol. The zero-order valence-electron chi connectivity index (χ0n) is 13.2. The van der Waals surface area contributed by atoms with Crippen molar-refractivity contribution in [3.63, 3.8) is 0 Å². The number of nitrogens with zero attached hydrogens (tertiary/aromatic N) is 2. The number of aromatic nitrogens is 1. The highest BCUT2D eigenvalue weighted by atomic mass is 32.1. The van der Waals surface area contributed by atoms with Crippen LogP contribution in [-0.4, -0.2) is 23.2 Å². The van der Waals surface area contributed by atoms with Crippen molar-refractivity contribution in [2.24, 2.45) is 11.8 Å². The van der Waals surface area contributed by atoms with Gasteiger partial charge in [0, 0.05) is 13.1 Å².